The van der Waals surface area contributed by atoms with Gasteiger partial charge in [-0.3, -0.25) is 9.59 Å². The smallest absolute Gasteiger partial charge is 0.326 e. The molecular weight excluding hydrogens is 368 g/mol. The van der Waals surface area contributed by atoms with E-state index in [1.54, 1.807) is 35.8 Å². The molecule has 5 nitrogen and oxygen atoms in total. The summed E-state index contributed by atoms with van der Waals surface area (Å²) in [6.45, 7) is 2.04. The lowest BCUT2D eigenvalue weighted by Crippen LogP contribution is -2.23. The molecule has 1 amide bonds. The maximum absolute atomic E-state index is 12.3. The van der Waals surface area contributed by atoms with E-state index in [-0.39, 0.29) is 18.4 Å². The van der Waals surface area contributed by atoms with Gasteiger partial charge in [0.2, 0.25) is 0 Å². The van der Waals surface area contributed by atoms with Gasteiger partial charge in [-0.2, -0.15) is 4.99 Å². The summed E-state index contributed by atoms with van der Waals surface area (Å²) in [6.07, 6.45) is 0. The molecule has 0 aliphatic carbocycles. The van der Waals surface area contributed by atoms with Crippen LogP contribution >= 0.6 is 34.3 Å². The van der Waals surface area contributed by atoms with E-state index in [2.05, 4.69) is 4.99 Å². The van der Waals surface area contributed by atoms with Crippen LogP contribution < -0.4 is 4.80 Å². The van der Waals surface area contributed by atoms with Crippen molar-refractivity contribution in [1.82, 2.24) is 4.57 Å². The molecule has 1 aromatic carbocycles. The van der Waals surface area contributed by atoms with Crippen molar-refractivity contribution in [3.8, 4) is 0 Å². The number of carbonyl (C=O) groups is 2. The van der Waals surface area contributed by atoms with Gasteiger partial charge in [-0.05, 0) is 36.6 Å². The molecule has 0 radical (unpaired) electrons. The first-order valence-electron chi connectivity index (χ1n) is 7.15. The summed E-state index contributed by atoms with van der Waals surface area (Å²) in [4.78, 5) is 29.4. The van der Waals surface area contributed by atoms with E-state index < -0.39 is 0 Å². The molecule has 0 aliphatic rings. The highest BCUT2D eigenvalue weighted by Gasteiger charge is 2.13. The minimum atomic E-state index is -0.378. The second-order valence-electron chi connectivity index (χ2n) is 4.78. The van der Waals surface area contributed by atoms with E-state index in [1.165, 1.54) is 22.7 Å². The Hall–Kier alpha value is -1.96. The third-order valence-corrected chi connectivity index (χ3v) is 5.30. The van der Waals surface area contributed by atoms with Gasteiger partial charge in [0, 0.05) is 5.02 Å². The van der Waals surface area contributed by atoms with E-state index in [0.717, 1.165) is 10.2 Å². The third kappa shape index (κ3) is 3.58. The number of thiazole rings is 1. The number of aromatic nitrogens is 1. The van der Waals surface area contributed by atoms with Crippen LogP contribution in [0.3, 0.4) is 0 Å². The van der Waals surface area contributed by atoms with Crippen LogP contribution in [0.15, 0.2) is 40.7 Å². The second-order valence-corrected chi connectivity index (χ2v) is 7.18. The topological polar surface area (TPSA) is 60.7 Å². The monoisotopic (exact) mass is 380 g/mol. The molecule has 2 heterocycles. The normalized spacial score (nSPS) is 11.8. The molecule has 0 atom stereocenters. The maximum Gasteiger partial charge on any atom is 0.326 e. The number of ether oxygens (including phenoxy) is 1. The minimum Gasteiger partial charge on any atom is -0.465 e. The molecule has 0 bridgehead atoms. The standard InChI is InChI=1S/C16H13ClN2O3S2/c1-2-22-14(20)9-19-11-6-5-10(17)8-13(11)24-16(19)18-15(21)12-4-3-7-23-12/h3-8H,2,9H2,1H3. The van der Waals surface area contributed by atoms with Crippen LogP contribution in [-0.4, -0.2) is 23.1 Å². The van der Waals surface area contributed by atoms with Crippen LogP contribution in [0.25, 0.3) is 10.2 Å². The van der Waals surface area contributed by atoms with E-state index in [4.69, 9.17) is 16.3 Å². The molecule has 24 heavy (non-hydrogen) atoms. The summed E-state index contributed by atoms with van der Waals surface area (Å²) in [5.74, 6) is -0.711. The molecule has 124 valence electrons. The summed E-state index contributed by atoms with van der Waals surface area (Å²) >= 11 is 8.67. The van der Waals surface area contributed by atoms with Gasteiger partial charge in [-0.15, -0.1) is 11.3 Å². The predicted octanol–water partition coefficient (Wildman–Crippen LogP) is 3.72. The van der Waals surface area contributed by atoms with Gasteiger partial charge >= 0.3 is 5.97 Å². The molecular formula is C16H13ClN2O3S2. The van der Waals surface area contributed by atoms with Crippen molar-refractivity contribution in [2.45, 2.75) is 13.5 Å². The Balaban J connectivity index is 2.11. The van der Waals surface area contributed by atoms with Gasteiger partial charge in [-0.1, -0.05) is 29.0 Å². The highest BCUT2D eigenvalue weighted by molar-refractivity contribution is 7.16. The Labute approximate surface area is 150 Å². The van der Waals surface area contributed by atoms with Gasteiger partial charge < -0.3 is 9.30 Å². The van der Waals surface area contributed by atoms with Crippen molar-refractivity contribution in [2.75, 3.05) is 6.61 Å². The zero-order valence-corrected chi connectivity index (χ0v) is 15.1. The Bertz CT molecular complexity index is 958. The van der Waals surface area contributed by atoms with Crippen molar-refractivity contribution in [1.29, 1.82) is 0 Å². The fraction of sp³-hybridized carbons (Fsp3) is 0.188. The van der Waals surface area contributed by atoms with Crippen molar-refractivity contribution in [2.24, 2.45) is 4.99 Å². The lowest BCUT2D eigenvalue weighted by atomic mass is 10.3. The van der Waals surface area contributed by atoms with Gasteiger partial charge in [-0.25, -0.2) is 0 Å². The van der Waals surface area contributed by atoms with E-state index in [9.17, 15) is 9.59 Å². The number of benzene rings is 1. The van der Waals surface area contributed by atoms with Gasteiger partial charge in [0.05, 0.1) is 21.7 Å². The minimum absolute atomic E-state index is 0.00791. The zero-order chi connectivity index (χ0) is 17.1. The Morgan fingerprint density at radius 2 is 2.17 bits per heavy atom. The van der Waals surface area contributed by atoms with Crippen molar-refractivity contribution in [3.63, 3.8) is 0 Å². The molecule has 0 unspecified atom stereocenters. The summed E-state index contributed by atoms with van der Waals surface area (Å²) in [7, 11) is 0. The van der Waals surface area contributed by atoms with Crippen molar-refractivity contribution < 1.29 is 14.3 Å². The Kier molecular flexibility index (Phi) is 5.13. The van der Waals surface area contributed by atoms with Gasteiger partial charge in [0.25, 0.3) is 5.91 Å². The number of halogens is 1. The fourth-order valence-electron chi connectivity index (χ4n) is 2.16. The SMILES string of the molecule is CCOC(=O)Cn1c(=NC(=O)c2cccs2)sc2cc(Cl)ccc21. The number of hydrogen-bond acceptors (Lipinski definition) is 5. The number of carbonyl (C=O) groups excluding carboxylic acids is 2. The van der Waals surface area contributed by atoms with E-state index in [1.807, 2.05) is 11.4 Å². The van der Waals surface area contributed by atoms with Crippen LogP contribution in [0, 0.1) is 0 Å². The maximum atomic E-state index is 12.3. The van der Waals surface area contributed by atoms with Crippen LogP contribution in [0.5, 0.6) is 0 Å². The Morgan fingerprint density at radius 1 is 1.33 bits per heavy atom. The van der Waals surface area contributed by atoms with Crippen LogP contribution in [0.4, 0.5) is 0 Å². The molecule has 0 fully saturated rings. The molecule has 0 saturated heterocycles. The van der Waals surface area contributed by atoms with Crippen LogP contribution in [-0.2, 0) is 16.1 Å². The first-order valence-corrected chi connectivity index (χ1v) is 9.23. The highest BCUT2D eigenvalue weighted by Crippen LogP contribution is 2.22. The number of hydrogen-bond donors (Lipinski definition) is 0. The van der Waals surface area contributed by atoms with Crippen LogP contribution in [0.2, 0.25) is 5.02 Å². The van der Waals surface area contributed by atoms with E-state index >= 15 is 0 Å². The molecule has 0 aliphatic heterocycles. The quantitative estimate of drug-likeness (QED) is 0.648. The third-order valence-electron chi connectivity index (χ3n) is 3.17. The van der Waals surface area contributed by atoms with Crippen LogP contribution in [0.1, 0.15) is 16.6 Å². The highest BCUT2D eigenvalue weighted by atomic mass is 35.5. The number of amides is 1. The Morgan fingerprint density at radius 3 is 2.88 bits per heavy atom. The summed E-state index contributed by atoms with van der Waals surface area (Å²) in [6, 6.07) is 8.85. The van der Waals surface area contributed by atoms with E-state index in [0.29, 0.717) is 21.3 Å². The molecule has 0 N–H and O–H groups in total. The largest absolute Gasteiger partial charge is 0.465 e. The average Bonchev–Trinajstić information content (AvgIpc) is 3.16. The second kappa shape index (κ2) is 7.29. The molecule has 3 aromatic rings. The summed E-state index contributed by atoms with van der Waals surface area (Å²) in [5.41, 5.74) is 0.787. The number of nitrogens with zero attached hydrogens (tertiary/aromatic N) is 2. The predicted molar refractivity (Wildman–Crippen MR) is 95.7 cm³/mol. The number of rotatable bonds is 4. The van der Waals surface area contributed by atoms with Gasteiger partial charge in [0.1, 0.15) is 6.54 Å². The molecule has 8 heteroatoms. The number of esters is 1. The lowest BCUT2D eigenvalue weighted by molar-refractivity contribution is -0.143. The fourth-order valence-corrected chi connectivity index (χ4v) is 4.07. The van der Waals surface area contributed by atoms with Crippen molar-refractivity contribution >= 4 is 56.4 Å². The first-order chi connectivity index (χ1) is 11.6. The molecule has 3 rings (SSSR count). The molecule has 0 spiro atoms. The number of fused-ring (bicyclic) bond motifs is 1. The molecule has 2 aromatic heterocycles. The number of thiophene rings is 1. The first kappa shape index (κ1) is 16.9. The lowest BCUT2D eigenvalue weighted by Gasteiger charge is -2.05. The van der Waals surface area contributed by atoms with Gasteiger partial charge in [0.15, 0.2) is 4.80 Å². The zero-order valence-electron chi connectivity index (χ0n) is 12.7. The molecule has 0 saturated carbocycles. The summed E-state index contributed by atoms with van der Waals surface area (Å²) in [5, 5.41) is 2.41. The van der Waals surface area contributed by atoms with Crippen molar-refractivity contribution in [3.05, 3.63) is 50.4 Å². The summed E-state index contributed by atoms with van der Waals surface area (Å²) < 4.78 is 7.55. The average molecular weight is 381 g/mol.